The molecule has 1 aromatic heterocycles. The molecule has 0 amide bonds. The van der Waals surface area contributed by atoms with Crippen LogP contribution in [0, 0.1) is 19.8 Å². The van der Waals surface area contributed by atoms with E-state index in [0.717, 1.165) is 30.3 Å². The zero-order valence-corrected chi connectivity index (χ0v) is 11.4. The van der Waals surface area contributed by atoms with Gasteiger partial charge in [0.15, 0.2) is 0 Å². The van der Waals surface area contributed by atoms with Gasteiger partial charge in [-0.25, -0.2) is 9.97 Å². The summed E-state index contributed by atoms with van der Waals surface area (Å²) >= 11 is 0. The lowest BCUT2D eigenvalue weighted by atomic mass is 9.95. The Bertz CT molecular complexity index is 355. The maximum absolute atomic E-state index is 5.62. The number of nitrogens with one attached hydrogen (secondary N) is 1. The zero-order chi connectivity index (χ0) is 12.8. The fourth-order valence-electron chi connectivity index (χ4n) is 2.46. The third-order valence-corrected chi connectivity index (χ3v) is 3.35. The Morgan fingerprint density at radius 2 is 2.11 bits per heavy atom. The highest BCUT2D eigenvalue weighted by Crippen LogP contribution is 2.16. The van der Waals surface area contributed by atoms with Crippen LogP contribution in [-0.2, 0) is 0 Å². The van der Waals surface area contributed by atoms with E-state index >= 15 is 0 Å². The van der Waals surface area contributed by atoms with Gasteiger partial charge in [0.1, 0.15) is 0 Å². The Balaban J connectivity index is 1.68. The highest BCUT2D eigenvalue weighted by Gasteiger charge is 2.12. The van der Waals surface area contributed by atoms with E-state index in [4.69, 9.17) is 4.74 Å². The summed E-state index contributed by atoms with van der Waals surface area (Å²) in [6.07, 6.45) is 4.99. The van der Waals surface area contributed by atoms with Crippen LogP contribution in [0.15, 0.2) is 6.07 Å². The van der Waals surface area contributed by atoms with E-state index in [0.29, 0.717) is 6.01 Å². The first-order valence-electron chi connectivity index (χ1n) is 6.90. The van der Waals surface area contributed by atoms with E-state index in [1.54, 1.807) is 0 Å². The molecular formula is C14H23N3O. The van der Waals surface area contributed by atoms with E-state index in [-0.39, 0.29) is 0 Å². The fraction of sp³-hybridized carbons (Fsp3) is 0.714. The summed E-state index contributed by atoms with van der Waals surface area (Å²) in [7, 11) is 0. The third-order valence-electron chi connectivity index (χ3n) is 3.35. The lowest BCUT2D eigenvalue weighted by Gasteiger charge is -2.22. The summed E-state index contributed by atoms with van der Waals surface area (Å²) in [6.45, 7) is 7.01. The van der Waals surface area contributed by atoms with Crippen LogP contribution in [-0.4, -0.2) is 29.7 Å². The first-order chi connectivity index (χ1) is 8.74. The molecule has 18 heavy (non-hydrogen) atoms. The van der Waals surface area contributed by atoms with Crippen molar-refractivity contribution in [2.24, 2.45) is 5.92 Å². The number of aryl methyl sites for hydroxylation is 2. The Kier molecular flexibility index (Phi) is 4.93. The van der Waals surface area contributed by atoms with Gasteiger partial charge in [-0.3, -0.25) is 0 Å². The van der Waals surface area contributed by atoms with Gasteiger partial charge in [0.05, 0.1) is 6.61 Å². The van der Waals surface area contributed by atoms with Crippen LogP contribution in [0.4, 0.5) is 0 Å². The van der Waals surface area contributed by atoms with Crippen molar-refractivity contribution in [3.63, 3.8) is 0 Å². The summed E-state index contributed by atoms with van der Waals surface area (Å²) in [5.41, 5.74) is 1.93. The Labute approximate surface area is 109 Å². The molecule has 100 valence electrons. The molecule has 0 aliphatic carbocycles. The van der Waals surface area contributed by atoms with Crippen molar-refractivity contribution in [2.75, 3.05) is 19.7 Å². The number of ether oxygens (including phenoxy) is 1. The molecule has 4 heteroatoms. The molecule has 0 unspecified atom stereocenters. The molecule has 0 aromatic carbocycles. The number of nitrogens with zero attached hydrogens (tertiary/aromatic N) is 2. The fourth-order valence-corrected chi connectivity index (χ4v) is 2.46. The van der Waals surface area contributed by atoms with Gasteiger partial charge in [0.25, 0.3) is 0 Å². The second kappa shape index (κ2) is 6.69. The third kappa shape index (κ3) is 4.26. The van der Waals surface area contributed by atoms with Crippen molar-refractivity contribution in [2.45, 2.75) is 39.5 Å². The summed E-state index contributed by atoms with van der Waals surface area (Å²) in [4.78, 5) is 8.55. The standard InChI is InChI=1S/C14H23N3O/c1-11-9-12(2)17-14(16-11)18-8-4-6-13-5-3-7-15-10-13/h9,13,15H,3-8,10H2,1-2H3/t13-/m0/s1. The van der Waals surface area contributed by atoms with Crippen LogP contribution in [0.2, 0.25) is 0 Å². The first-order valence-corrected chi connectivity index (χ1v) is 6.90. The van der Waals surface area contributed by atoms with Crippen molar-refractivity contribution in [1.82, 2.24) is 15.3 Å². The second-order valence-electron chi connectivity index (χ2n) is 5.14. The minimum atomic E-state index is 0.522. The molecule has 1 N–H and O–H groups in total. The smallest absolute Gasteiger partial charge is 0.316 e. The van der Waals surface area contributed by atoms with Gasteiger partial charge in [-0.15, -0.1) is 0 Å². The Morgan fingerprint density at radius 1 is 1.33 bits per heavy atom. The van der Waals surface area contributed by atoms with E-state index < -0.39 is 0 Å². The van der Waals surface area contributed by atoms with Crippen molar-refractivity contribution in [1.29, 1.82) is 0 Å². The molecule has 0 radical (unpaired) electrons. The largest absolute Gasteiger partial charge is 0.463 e. The second-order valence-corrected chi connectivity index (χ2v) is 5.14. The Morgan fingerprint density at radius 3 is 2.78 bits per heavy atom. The van der Waals surface area contributed by atoms with Crippen LogP contribution in [0.5, 0.6) is 6.01 Å². The van der Waals surface area contributed by atoms with Crippen molar-refractivity contribution >= 4 is 0 Å². The van der Waals surface area contributed by atoms with Gasteiger partial charge in [-0.1, -0.05) is 0 Å². The van der Waals surface area contributed by atoms with Crippen LogP contribution >= 0.6 is 0 Å². The van der Waals surface area contributed by atoms with Gasteiger partial charge in [-0.2, -0.15) is 0 Å². The minimum Gasteiger partial charge on any atom is -0.463 e. The SMILES string of the molecule is Cc1cc(C)nc(OCCC[C@@H]2CCCNC2)n1. The number of hydrogen-bond acceptors (Lipinski definition) is 4. The van der Waals surface area contributed by atoms with Crippen LogP contribution < -0.4 is 10.1 Å². The summed E-state index contributed by atoms with van der Waals surface area (Å²) in [5.74, 6) is 0.822. The molecule has 1 aliphatic heterocycles. The molecule has 1 atom stereocenters. The lowest BCUT2D eigenvalue weighted by molar-refractivity contribution is 0.259. The number of rotatable bonds is 5. The number of piperidine rings is 1. The molecule has 1 aromatic rings. The number of aromatic nitrogens is 2. The molecule has 2 rings (SSSR count). The normalized spacial score (nSPS) is 19.8. The quantitative estimate of drug-likeness (QED) is 0.813. The molecule has 2 heterocycles. The van der Waals surface area contributed by atoms with Crippen molar-refractivity contribution in [3.05, 3.63) is 17.5 Å². The van der Waals surface area contributed by atoms with Gasteiger partial charge in [-0.05, 0) is 64.6 Å². The maximum atomic E-state index is 5.62. The lowest BCUT2D eigenvalue weighted by Crippen LogP contribution is -2.29. The van der Waals surface area contributed by atoms with Gasteiger partial charge >= 0.3 is 6.01 Å². The van der Waals surface area contributed by atoms with Crippen LogP contribution in [0.25, 0.3) is 0 Å². The average molecular weight is 249 g/mol. The molecule has 0 spiro atoms. The topological polar surface area (TPSA) is 47.0 Å². The molecule has 1 fully saturated rings. The van der Waals surface area contributed by atoms with E-state index in [1.165, 1.54) is 32.4 Å². The van der Waals surface area contributed by atoms with Gasteiger partial charge in [0.2, 0.25) is 0 Å². The summed E-state index contributed by atoms with van der Waals surface area (Å²) in [6, 6.07) is 2.48. The predicted octanol–water partition coefficient (Wildman–Crippen LogP) is 2.25. The predicted molar refractivity (Wildman–Crippen MR) is 71.8 cm³/mol. The molecule has 0 bridgehead atoms. The molecular weight excluding hydrogens is 226 g/mol. The highest BCUT2D eigenvalue weighted by molar-refractivity contribution is 5.10. The Hall–Kier alpha value is -1.16. The minimum absolute atomic E-state index is 0.522. The van der Waals surface area contributed by atoms with Gasteiger partial charge in [0, 0.05) is 11.4 Å². The molecule has 4 nitrogen and oxygen atoms in total. The van der Waals surface area contributed by atoms with E-state index in [2.05, 4.69) is 15.3 Å². The molecule has 1 saturated heterocycles. The van der Waals surface area contributed by atoms with E-state index in [9.17, 15) is 0 Å². The van der Waals surface area contributed by atoms with Crippen LogP contribution in [0.3, 0.4) is 0 Å². The molecule has 0 saturated carbocycles. The maximum Gasteiger partial charge on any atom is 0.316 e. The first kappa shape index (κ1) is 13.3. The summed E-state index contributed by atoms with van der Waals surface area (Å²) in [5, 5.41) is 3.44. The van der Waals surface area contributed by atoms with Crippen molar-refractivity contribution < 1.29 is 4.74 Å². The summed E-state index contributed by atoms with van der Waals surface area (Å²) < 4.78 is 5.62. The van der Waals surface area contributed by atoms with Gasteiger partial charge < -0.3 is 10.1 Å². The monoisotopic (exact) mass is 249 g/mol. The van der Waals surface area contributed by atoms with Crippen LogP contribution in [0.1, 0.15) is 37.1 Å². The molecule has 1 aliphatic rings. The number of hydrogen-bond donors (Lipinski definition) is 1. The highest BCUT2D eigenvalue weighted by atomic mass is 16.5. The average Bonchev–Trinajstić information content (AvgIpc) is 2.35. The zero-order valence-electron chi connectivity index (χ0n) is 11.4. The van der Waals surface area contributed by atoms with E-state index in [1.807, 2.05) is 19.9 Å². The van der Waals surface area contributed by atoms with Crippen molar-refractivity contribution in [3.8, 4) is 6.01 Å².